The van der Waals surface area contributed by atoms with Gasteiger partial charge in [0.25, 0.3) is 5.91 Å². The minimum atomic E-state index is -0.989. The van der Waals surface area contributed by atoms with Gasteiger partial charge < -0.3 is 10.2 Å². The molecular weight excluding hydrogens is 370 g/mol. The van der Waals surface area contributed by atoms with Crippen LogP contribution < -0.4 is 5.32 Å². The predicted octanol–water partition coefficient (Wildman–Crippen LogP) is 2.55. The summed E-state index contributed by atoms with van der Waals surface area (Å²) in [6, 6.07) is 5.33. The van der Waals surface area contributed by atoms with E-state index >= 15 is 0 Å². The molecule has 1 spiro atoms. The molecule has 6 nitrogen and oxygen atoms in total. The molecule has 8 heteroatoms. The van der Waals surface area contributed by atoms with Gasteiger partial charge in [-0.25, -0.2) is 4.79 Å². The Bertz CT molecular complexity index is 861. The normalized spacial score (nSPS) is 21.8. The smallest absolute Gasteiger partial charge is 0.325 e. The van der Waals surface area contributed by atoms with Crippen LogP contribution in [0.3, 0.4) is 0 Å². The lowest BCUT2D eigenvalue weighted by molar-refractivity contribution is -0.139. The molecular formula is C18H19N3O3S2. The molecule has 4 rings (SSSR count). The molecule has 0 unspecified atom stereocenters. The van der Waals surface area contributed by atoms with Crippen LogP contribution in [-0.4, -0.2) is 41.2 Å². The van der Waals surface area contributed by atoms with Gasteiger partial charge in [-0.05, 0) is 42.2 Å². The van der Waals surface area contributed by atoms with Gasteiger partial charge in [0, 0.05) is 22.4 Å². The maximum Gasteiger partial charge on any atom is 0.325 e. The first kappa shape index (κ1) is 17.2. The Balaban J connectivity index is 1.51. The molecule has 0 aromatic carbocycles. The zero-order valence-electron chi connectivity index (χ0n) is 14.4. The minimum absolute atomic E-state index is 0.228. The summed E-state index contributed by atoms with van der Waals surface area (Å²) in [7, 11) is 1.69. The van der Waals surface area contributed by atoms with Crippen LogP contribution >= 0.6 is 22.7 Å². The highest BCUT2D eigenvalue weighted by atomic mass is 32.1. The number of imide groups is 1. The van der Waals surface area contributed by atoms with Gasteiger partial charge in [-0.15, -0.1) is 22.7 Å². The Kier molecular flexibility index (Phi) is 4.32. The Labute approximate surface area is 159 Å². The van der Waals surface area contributed by atoms with Gasteiger partial charge >= 0.3 is 6.03 Å². The number of nitrogens with one attached hydrogen (secondary N) is 1. The second-order valence-corrected chi connectivity index (χ2v) is 8.70. The maximum absolute atomic E-state index is 13.1. The average molecular weight is 390 g/mol. The van der Waals surface area contributed by atoms with Gasteiger partial charge in [0.1, 0.15) is 12.1 Å². The maximum atomic E-state index is 13.1. The van der Waals surface area contributed by atoms with Crippen LogP contribution in [0.4, 0.5) is 4.79 Å². The molecule has 1 N–H and O–H groups in total. The molecule has 1 aliphatic carbocycles. The molecule has 0 saturated carbocycles. The molecule has 2 aromatic heterocycles. The van der Waals surface area contributed by atoms with Crippen LogP contribution in [0.2, 0.25) is 0 Å². The summed E-state index contributed by atoms with van der Waals surface area (Å²) in [5.41, 5.74) is -0.0916. The zero-order valence-corrected chi connectivity index (χ0v) is 16.0. The Morgan fingerprint density at radius 2 is 2.15 bits per heavy atom. The molecule has 1 saturated heterocycles. The summed E-state index contributed by atoms with van der Waals surface area (Å²) in [6.45, 7) is 0.244. The Morgan fingerprint density at radius 3 is 2.92 bits per heavy atom. The van der Waals surface area contributed by atoms with Crippen LogP contribution in [-0.2, 0) is 28.1 Å². The lowest BCUT2D eigenvalue weighted by Gasteiger charge is -2.31. The van der Waals surface area contributed by atoms with Gasteiger partial charge in [-0.2, -0.15) is 0 Å². The fraction of sp³-hybridized carbons (Fsp3) is 0.389. The van der Waals surface area contributed by atoms with Crippen molar-refractivity contribution >= 4 is 40.5 Å². The summed E-state index contributed by atoms with van der Waals surface area (Å²) in [6.07, 6.45) is 2.36. The van der Waals surface area contributed by atoms with Crippen molar-refractivity contribution in [1.82, 2.24) is 15.1 Å². The van der Waals surface area contributed by atoms with Crippen molar-refractivity contribution in [2.45, 2.75) is 31.3 Å². The third-order valence-electron chi connectivity index (χ3n) is 5.03. The van der Waals surface area contributed by atoms with E-state index in [1.165, 1.54) is 0 Å². The molecule has 2 aromatic rings. The summed E-state index contributed by atoms with van der Waals surface area (Å²) in [4.78, 5) is 43.0. The van der Waals surface area contributed by atoms with E-state index in [0.717, 1.165) is 33.1 Å². The van der Waals surface area contributed by atoms with Crippen molar-refractivity contribution in [1.29, 1.82) is 0 Å². The lowest BCUT2D eigenvalue weighted by Crippen LogP contribution is -2.46. The molecule has 136 valence electrons. The first-order valence-corrected chi connectivity index (χ1v) is 10.2. The van der Waals surface area contributed by atoms with E-state index in [0.29, 0.717) is 13.0 Å². The van der Waals surface area contributed by atoms with Crippen LogP contribution in [0, 0.1) is 0 Å². The second kappa shape index (κ2) is 6.51. The molecule has 26 heavy (non-hydrogen) atoms. The highest BCUT2D eigenvalue weighted by Crippen LogP contribution is 2.42. The van der Waals surface area contributed by atoms with Gasteiger partial charge in [0.05, 0.1) is 6.54 Å². The van der Waals surface area contributed by atoms with Crippen molar-refractivity contribution in [3.05, 3.63) is 44.3 Å². The number of likely N-dealkylation sites (N-methyl/N-ethyl adjacent to an activating group) is 1. The largest absolute Gasteiger partial charge is 0.339 e. The topological polar surface area (TPSA) is 69.7 Å². The highest BCUT2D eigenvalue weighted by molar-refractivity contribution is 7.10. The number of rotatable bonds is 4. The van der Waals surface area contributed by atoms with Crippen molar-refractivity contribution in [3.63, 3.8) is 0 Å². The van der Waals surface area contributed by atoms with Crippen LogP contribution in [0.1, 0.15) is 28.2 Å². The molecule has 4 amide bonds. The number of urea groups is 1. The van der Waals surface area contributed by atoms with Gasteiger partial charge in [-0.3, -0.25) is 14.5 Å². The fourth-order valence-corrected chi connectivity index (χ4v) is 5.42. The Morgan fingerprint density at radius 1 is 1.31 bits per heavy atom. The molecule has 2 aliphatic rings. The van der Waals surface area contributed by atoms with E-state index in [2.05, 4.69) is 5.32 Å². The number of aryl methyl sites for hydroxylation is 1. The van der Waals surface area contributed by atoms with Crippen molar-refractivity contribution in [2.24, 2.45) is 0 Å². The second-order valence-electron chi connectivity index (χ2n) is 6.67. The van der Waals surface area contributed by atoms with E-state index in [1.54, 1.807) is 34.6 Å². The van der Waals surface area contributed by atoms with Crippen LogP contribution in [0.5, 0.6) is 0 Å². The molecule has 0 bridgehead atoms. The number of thiophene rings is 2. The van der Waals surface area contributed by atoms with E-state index in [-0.39, 0.29) is 18.4 Å². The predicted molar refractivity (Wildman–Crippen MR) is 100.0 cm³/mol. The fourth-order valence-electron chi connectivity index (χ4n) is 3.67. The quantitative estimate of drug-likeness (QED) is 0.817. The third-order valence-corrected chi connectivity index (χ3v) is 6.87. The first-order chi connectivity index (χ1) is 12.5. The highest BCUT2D eigenvalue weighted by Gasteiger charge is 2.54. The van der Waals surface area contributed by atoms with Gasteiger partial charge in [-0.1, -0.05) is 6.07 Å². The van der Waals surface area contributed by atoms with Crippen LogP contribution in [0.15, 0.2) is 29.0 Å². The number of hydrogen-bond donors (Lipinski definition) is 1. The Hall–Kier alpha value is -2.19. The number of carbonyl (C=O) groups excluding carboxylic acids is 3. The summed E-state index contributed by atoms with van der Waals surface area (Å²) in [5, 5.41) is 6.79. The van der Waals surface area contributed by atoms with Crippen LogP contribution in [0.25, 0.3) is 0 Å². The zero-order chi connectivity index (χ0) is 18.3. The van der Waals surface area contributed by atoms with Gasteiger partial charge in [0.15, 0.2) is 0 Å². The number of hydrogen-bond acceptors (Lipinski definition) is 5. The first-order valence-electron chi connectivity index (χ1n) is 8.48. The SMILES string of the molecule is CN(Cc1cccs1)C(=O)CN1C(=O)N[C@@]2(CCCc3sccc32)C1=O. The third kappa shape index (κ3) is 2.73. The lowest BCUT2D eigenvalue weighted by atomic mass is 9.80. The molecule has 3 heterocycles. The summed E-state index contributed by atoms with van der Waals surface area (Å²) < 4.78 is 0. The monoisotopic (exact) mass is 389 g/mol. The van der Waals surface area contributed by atoms with Crippen molar-refractivity contribution in [2.75, 3.05) is 13.6 Å². The van der Waals surface area contributed by atoms with E-state index in [9.17, 15) is 14.4 Å². The molecule has 1 fully saturated rings. The summed E-state index contributed by atoms with van der Waals surface area (Å²) >= 11 is 3.19. The molecule has 1 aliphatic heterocycles. The number of carbonyl (C=O) groups is 3. The molecule has 0 radical (unpaired) electrons. The van der Waals surface area contributed by atoms with E-state index in [1.807, 2.05) is 29.0 Å². The number of nitrogens with zero attached hydrogens (tertiary/aromatic N) is 2. The van der Waals surface area contributed by atoms with Gasteiger partial charge in [0.2, 0.25) is 5.91 Å². The number of amides is 4. The van der Waals surface area contributed by atoms with E-state index < -0.39 is 11.6 Å². The van der Waals surface area contributed by atoms with E-state index in [4.69, 9.17) is 0 Å². The molecule has 1 atom stereocenters. The standard InChI is InChI=1S/C18H19N3O3S2/c1-20(10-12-4-3-8-25-12)15(22)11-21-16(23)18(19-17(21)24)7-2-5-14-13(18)6-9-26-14/h3-4,6,8-9H,2,5,7,10-11H2,1H3,(H,19,24)/t18-/m1/s1. The average Bonchev–Trinajstić information content (AvgIpc) is 3.33. The minimum Gasteiger partial charge on any atom is -0.339 e. The summed E-state index contributed by atoms with van der Waals surface area (Å²) in [5.74, 6) is -0.556. The van der Waals surface area contributed by atoms with Crippen molar-refractivity contribution < 1.29 is 14.4 Å². The van der Waals surface area contributed by atoms with Crippen molar-refractivity contribution in [3.8, 4) is 0 Å². The number of fused-ring (bicyclic) bond motifs is 2.